The molecule has 1 N–H and O–H groups in total. The molecule has 0 spiro atoms. The molecular weight excluding hydrogens is 289 g/mol. The number of aliphatic hydroxyl groups is 1. The van der Waals surface area contributed by atoms with E-state index in [0.29, 0.717) is 0 Å². The van der Waals surface area contributed by atoms with Gasteiger partial charge in [0.05, 0.1) is 6.54 Å². The fourth-order valence-corrected chi connectivity index (χ4v) is 1.15. The number of β-amino-alcohol motifs (C(OH)–C–C–N with tert-alkyl or cyclic N) is 1. The highest BCUT2D eigenvalue weighted by atomic mass is 19.4. The van der Waals surface area contributed by atoms with Crippen molar-refractivity contribution < 1.29 is 49.4 Å². The van der Waals surface area contributed by atoms with E-state index in [1.807, 2.05) is 0 Å². The predicted molar refractivity (Wildman–Crippen MR) is 34.7 cm³/mol. The molecule has 12 heteroatoms. The third kappa shape index (κ3) is 2.01. The van der Waals surface area contributed by atoms with E-state index in [4.69, 9.17) is 5.11 Å². The molecule has 0 radical (unpaired) electrons. The number of hydrogen-bond donors (Lipinski definition) is 1. The molecule has 108 valence electrons. The van der Waals surface area contributed by atoms with Crippen LogP contribution < -0.4 is 0 Å². The molecule has 0 aliphatic carbocycles. The highest BCUT2D eigenvalue weighted by Crippen LogP contribution is 2.55. The van der Waals surface area contributed by atoms with Crippen LogP contribution in [0, 0.1) is 0 Å². The van der Waals surface area contributed by atoms with Crippen molar-refractivity contribution in [2.75, 3.05) is 6.54 Å². The summed E-state index contributed by atoms with van der Waals surface area (Å²) in [5.74, 6) is 0. The second-order valence-corrected chi connectivity index (χ2v) is 3.26. The molecule has 0 aromatic rings. The van der Waals surface area contributed by atoms with Crippen molar-refractivity contribution in [3.63, 3.8) is 0 Å². The quantitative estimate of drug-likeness (QED) is 0.624. The maximum absolute atomic E-state index is 12.8. The lowest BCUT2D eigenvalue weighted by Crippen LogP contribution is -2.74. The summed E-state index contributed by atoms with van der Waals surface area (Å²) in [4.78, 5) is -2.14. The van der Waals surface area contributed by atoms with Gasteiger partial charge >= 0.3 is 24.3 Å². The molecule has 0 amide bonds. The van der Waals surface area contributed by atoms with Gasteiger partial charge < -0.3 is 5.11 Å². The Morgan fingerprint density at radius 1 is 0.889 bits per heavy atom. The lowest BCUT2D eigenvalue weighted by Gasteiger charge is -2.47. The van der Waals surface area contributed by atoms with Gasteiger partial charge in [-0.3, -0.25) is 0 Å². The molecule has 0 aromatic carbocycles. The maximum atomic E-state index is 12.8. The van der Waals surface area contributed by atoms with Gasteiger partial charge in [-0.2, -0.15) is 40.0 Å². The van der Waals surface area contributed by atoms with Crippen molar-refractivity contribution in [3.05, 3.63) is 0 Å². The number of aliphatic hydroxyl groups excluding tert-OH is 1. The van der Waals surface area contributed by atoms with E-state index in [1.165, 1.54) is 0 Å². The van der Waals surface area contributed by atoms with Crippen LogP contribution in [0.4, 0.5) is 39.5 Å². The molecule has 0 aromatic heterocycles. The van der Waals surface area contributed by atoms with Crippen LogP contribution in [-0.4, -0.2) is 47.2 Å². The fourth-order valence-electron chi connectivity index (χ4n) is 1.15. The summed E-state index contributed by atoms with van der Waals surface area (Å²) >= 11 is 0. The monoisotopic (exact) mass is 293 g/mol. The molecule has 1 heterocycles. The first-order valence-electron chi connectivity index (χ1n) is 4.07. The summed E-state index contributed by atoms with van der Waals surface area (Å²) in [7, 11) is 0. The average molecular weight is 293 g/mol. The largest absolute Gasteiger partial charge is 0.439 e. The molecular formula is C6H4F9NO2. The summed E-state index contributed by atoms with van der Waals surface area (Å²) < 4.78 is 115. The second-order valence-electron chi connectivity index (χ2n) is 3.26. The Morgan fingerprint density at radius 2 is 1.22 bits per heavy atom. The van der Waals surface area contributed by atoms with Gasteiger partial charge in [-0.05, 0) is 0 Å². The van der Waals surface area contributed by atoms with Crippen molar-refractivity contribution in [1.82, 2.24) is 4.90 Å². The lowest BCUT2D eigenvalue weighted by molar-refractivity contribution is -0.564. The van der Waals surface area contributed by atoms with E-state index in [9.17, 15) is 39.5 Å². The summed E-state index contributed by atoms with van der Waals surface area (Å²) in [6.45, 7) is -2.46. The number of rotatable bonds is 2. The van der Waals surface area contributed by atoms with Crippen LogP contribution in [-0.2, 0) is 4.74 Å². The Morgan fingerprint density at radius 3 is 1.50 bits per heavy atom. The average Bonchev–Trinajstić information content (AvgIpc) is 2.09. The van der Waals surface area contributed by atoms with Crippen molar-refractivity contribution in [2.24, 2.45) is 0 Å². The molecule has 1 rings (SSSR count). The lowest BCUT2D eigenvalue weighted by atomic mass is 10.2. The SMILES string of the molecule is OC(F)CN1C(F)(F)C(F)(F)OC(F)(F)C1(F)F. The van der Waals surface area contributed by atoms with Gasteiger partial charge in [0, 0.05) is 0 Å². The first-order chi connectivity index (χ1) is 7.76. The smallest absolute Gasteiger partial charge is 0.363 e. The number of ether oxygens (including phenoxy) is 1. The van der Waals surface area contributed by atoms with E-state index in [1.54, 1.807) is 0 Å². The van der Waals surface area contributed by atoms with Crippen molar-refractivity contribution >= 4 is 0 Å². The summed E-state index contributed by atoms with van der Waals surface area (Å²) in [6, 6.07) is -11.9. The molecule has 1 aliphatic heterocycles. The highest BCUT2D eigenvalue weighted by Gasteiger charge is 2.82. The predicted octanol–water partition coefficient (Wildman–Crippen LogP) is 1.98. The highest BCUT2D eigenvalue weighted by molar-refractivity contribution is 4.94. The van der Waals surface area contributed by atoms with Gasteiger partial charge in [-0.25, -0.2) is 9.13 Å². The van der Waals surface area contributed by atoms with Gasteiger partial charge in [-0.15, -0.1) is 0 Å². The number of nitrogens with zero attached hydrogens (tertiary/aromatic N) is 1. The number of alkyl halides is 9. The van der Waals surface area contributed by atoms with Crippen LogP contribution >= 0.6 is 0 Å². The third-order valence-corrected chi connectivity index (χ3v) is 1.97. The van der Waals surface area contributed by atoms with E-state index in [-0.39, 0.29) is 0 Å². The molecule has 1 aliphatic rings. The zero-order valence-electron chi connectivity index (χ0n) is 7.99. The van der Waals surface area contributed by atoms with Crippen LogP contribution in [0.3, 0.4) is 0 Å². The van der Waals surface area contributed by atoms with Gasteiger partial charge in [0.1, 0.15) is 0 Å². The summed E-state index contributed by atoms with van der Waals surface area (Å²) in [5.41, 5.74) is 0. The standard InChI is InChI=1S/C6H4F9NO2/c7-2(17)1-16-3(8,9)5(12,13)18-6(14,15)4(16,10)11/h2,17H,1H2. The fraction of sp³-hybridized carbons (Fsp3) is 1.00. The third-order valence-electron chi connectivity index (χ3n) is 1.97. The molecule has 3 nitrogen and oxygen atoms in total. The minimum Gasteiger partial charge on any atom is -0.363 e. The van der Waals surface area contributed by atoms with Gasteiger partial charge in [0.2, 0.25) is 6.36 Å². The topological polar surface area (TPSA) is 32.7 Å². The van der Waals surface area contributed by atoms with E-state index in [0.717, 1.165) is 0 Å². The van der Waals surface area contributed by atoms with E-state index in [2.05, 4.69) is 4.74 Å². The molecule has 1 unspecified atom stereocenters. The maximum Gasteiger partial charge on any atom is 0.439 e. The molecule has 18 heavy (non-hydrogen) atoms. The van der Waals surface area contributed by atoms with Crippen LogP contribution in [0.15, 0.2) is 0 Å². The van der Waals surface area contributed by atoms with Crippen molar-refractivity contribution in [2.45, 2.75) is 30.7 Å². The van der Waals surface area contributed by atoms with Crippen molar-refractivity contribution in [1.29, 1.82) is 0 Å². The van der Waals surface area contributed by atoms with Gasteiger partial charge in [0.15, 0.2) is 0 Å². The Kier molecular flexibility index (Phi) is 3.29. The van der Waals surface area contributed by atoms with Gasteiger partial charge in [-0.1, -0.05) is 0 Å². The van der Waals surface area contributed by atoms with Crippen LogP contribution in [0.25, 0.3) is 0 Å². The number of halogens is 9. The molecule has 0 saturated carbocycles. The van der Waals surface area contributed by atoms with Crippen LogP contribution in [0.5, 0.6) is 0 Å². The zero-order chi connectivity index (χ0) is 14.6. The molecule has 1 saturated heterocycles. The summed E-state index contributed by atoms with van der Waals surface area (Å²) in [5, 5.41) is 8.00. The minimum absolute atomic E-state index is 2.09. The van der Waals surface area contributed by atoms with Gasteiger partial charge in [0.25, 0.3) is 0 Å². The first-order valence-corrected chi connectivity index (χ1v) is 4.07. The molecule has 0 bridgehead atoms. The Hall–Kier alpha value is -0.750. The Balaban J connectivity index is 3.28. The Bertz CT molecular complexity index is 305. The number of hydrogen-bond acceptors (Lipinski definition) is 3. The zero-order valence-corrected chi connectivity index (χ0v) is 7.99. The van der Waals surface area contributed by atoms with E-state index >= 15 is 0 Å². The Labute approximate surface area is 92.7 Å². The van der Waals surface area contributed by atoms with Crippen LogP contribution in [0.2, 0.25) is 0 Å². The number of morpholine rings is 1. The first kappa shape index (κ1) is 15.3. The summed E-state index contributed by atoms with van der Waals surface area (Å²) in [6.07, 6.45) is -15.5. The second kappa shape index (κ2) is 3.87. The van der Waals surface area contributed by atoms with Crippen molar-refractivity contribution in [3.8, 4) is 0 Å². The molecule has 1 fully saturated rings. The molecule has 1 atom stereocenters. The minimum atomic E-state index is -5.99. The van der Waals surface area contributed by atoms with E-state index < -0.39 is 42.1 Å². The normalized spacial score (nSPS) is 31.0. The van der Waals surface area contributed by atoms with Crippen LogP contribution in [0.1, 0.15) is 0 Å².